The Hall–Kier alpha value is -3.33. The van der Waals surface area contributed by atoms with Crippen LogP contribution in [-0.2, 0) is 11.2 Å². The zero-order chi connectivity index (χ0) is 23.3. The average Bonchev–Trinajstić information content (AvgIpc) is 2.74. The number of aromatic nitrogens is 1. The number of carboxylic acids is 1. The van der Waals surface area contributed by atoms with E-state index in [4.69, 9.17) is 16.7 Å². The van der Waals surface area contributed by atoms with Crippen molar-refractivity contribution in [2.24, 2.45) is 0 Å². The van der Waals surface area contributed by atoms with Gasteiger partial charge >= 0.3 is 5.97 Å². The third-order valence-electron chi connectivity index (χ3n) is 5.39. The van der Waals surface area contributed by atoms with Crippen LogP contribution >= 0.6 is 11.6 Å². The number of rotatable bonds is 7. The highest BCUT2D eigenvalue weighted by Gasteiger charge is 2.28. The van der Waals surface area contributed by atoms with Gasteiger partial charge in [0.1, 0.15) is 23.4 Å². The normalized spacial score (nSPS) is 14.0. The predicted molar refractivity (Wildman–Crippen MR) is 117 cm³/mol. The summed E-state index contributed by atoms with van der Waals surface area (Å²) in [6.07, 6.45) is 4.65. The molecule has 1 fully saturated rings. The molecule has 5 N–H and O–H groups in total. The van der Waals surface area contributed by atoms with Gasteiger partial charge in [-0.05, 0) is 24.5 Å². The Balaban J connectivity index is 2.03. The molecule has 32 heavy (non-hydrogen) atoms. The van der Waals surface area contributed by atoms with Crippen LogP contribution in [0, 0.1) is 0 Å². The van der Waals surface area contributed by atoms with Crippen molar-refractivity contribution in [3.8, 4) is 5.75 Å². The van der Waals surface area contributed by atoms with Crippen molar-refractivity contribution in [1.82, 2.24) is 15.6 Å². The van der Waals surface area contributed by atoms with E-state index in [1.807, 2.05) is 5.32 Å². The smallest absolute Gasteiger partial charge is 0.322 e. The highest BCUT2D eigenvalue weighted by atomic mass is 35.5. The van der Waals surface area contributed by atoms with Crippen LogP contribution in [0.1, 0.15) is 64.1 Å². The summed E-state index contributed by atoms with van der Waals surface area (Å²) in [4.78, 5) is 51.4. The molecule has 2 amide bonds. The lowest BCUT2D eigenvalue weighted by molar-refractivity contribution is -0.135. The van der Waals surface area contributed by atoms with Gasteiger partial charge in [0.15, 0.2) is 0 Å². The summed E-state index contributed by atoms with van der Waals surface area (Å²) in [5.74, 6) is -3.84. The number of hydrogen-bond acceptors (Lipinski definition) is 5. The number of hydrogen-bond donors (Lipinski definition) is 5. The number of carboxylic acid groups (broad SMARTS) is 1. The molecule has 0 spiro atoms. The van der Waals surface area contributed by atoms with E-state index in [1.165, 1.54) is 0 Å². The van der Waals surface area contributed by atoms with Gasteiger partial charge in [0, 0.05) is 23.2 Å². The van der Waals surface area contributed by atoms with E-state index < -0.39 is 41.2 Å². The molecule has 1 saturated carbocycles. The number of benzene rings is 1. The SMILES string of the molecule is O=C(O)CNC(=O)c1c(O)c(C(=O)NC2CCCCC2)c(Cc2ccccc2Cl)[nH]c1=O. The molecule has 0 radical (unpaired) electrons. The summed E-state index contributed by atoms with van der Waals surface area (Å²) in [5, 5.41) is 24.9. The van der Waals surface area contributed by atoms with Crippen molar-refractivity contribution in [3.63, 3.8) is 0 Å². The summed E-state index contributed by atoms with van der Waals surface area (Å²) in [6.45, 7) is -0.747. The molecular weight excluding hydrogens is 438 g/mol. The standard InChI is InChI=1S/C22H24ClN3O6/c23-14-9-5-4-6-12(14)10-15-17(21(31)25-13-7-2-1-3-8-13)19(29)18(22(32)26-15)20(30)24-11-16(27)28/h4-6,9,13H,1-3,7-8,10-11H2,(H,24,30)(H,25,31)(H,27,28)(H2,26,29,32). The molecule has 0 aliphatic heterocycles. The van der Waals surface area contributed by atoms with Gasteiger partial charge in [0.25, 0.3) is 17.4 Å². The van der Waals surface area contributed by atoms with Crippen molar-refractivity contribution in [3.05, 3.63) is 62.0 Å². The molecule has 1 aliphatic carbocycles. The minimum Gasteiger partial charge on any atom is -0.506 e. The lowest BCUT2D eigenvalue weighted by atomic mass is 9.94. The zero-order valence-corrected chi connectivity index (χ0v) is 18.0. The quantitative estimate of drug-likeness (QED) is 0.426. The van der Waals surface area contributed by atoms with E-state index in [9.17, 15) is 24.3 Å². The first-order valence-electron chi connectivity index (χ1n) is 10.3. The summed E-state index contributed by atoms with van der Waals surface area (Å²) in [6, 6.07) is 6.77. The summed E-state index contributed by atoms with van der Waals surface area (Å²) < 4.78 is 0. The van der Waals surface area contributed by atoms with E-state index in [2.05, 4.69) is 10.3 Å². The molecular formula is C22H24ClN3O6. The Labute approximate surface area is 188 Å². The van der Waals surface area contributed by atoms with Gasteiger partial charge in [0.2, 0.25) is 0 Å². The van der Waals surface area contributed by atoms with Gasteiger partial charge in [-0.15, -0.1) is 0 Å². The van der Waals surface area contributed by atoms with Gasteiger partial charge in [-0.25, -0.2) is 0 Å². The third kappa shape index (κ3) is 5.47. The van der Waals surface area contributed by atoms with Gasteiger partial charge < -0.3 is 25.8 Å². The first kappa shape index (κ1) is 23.3. The van der Waals surface area contributed by atoms with Crippen LogP contribution in [0.5, 0.6) is 5.75 Å². The molecule has 0 atom stereocenters. The molecule has 0 saturated heterocycles. The van der Waals surface area contributed by atoms with E-state index in [0.29, 0.717) is 10.6 Å². The molecule has 1 aromatic carbocycles. The van der Waals surface area contributed by atoms with E-state index in [1.54, 1.807) is 24.3 Å². The fourth-order valence-corrected chi connectivity index (χ4v) is 4.01. The Morgan fingerprint density at radius 3 is 2.41 bits per heavy atom. The number of H-pyrrole nitrogens is 1. The number of pyridine rings is 1. The second-order valence-electron chi connectivity index (χ2n) is 7.68. The first-order valence-corrected chi connectivity index (χ1v) is 10.7. The molecule has 1 aromatic heterocycles. The molecule has 9 nitrogen and oxygen atoms in total. The monoisotopic (exact) mass is 461 g/mol. The molecule has 170 valence electrons. The van der Waals surface area contributed by atoms with Crippen molar-refractivity contribution < 1.29 is 24.6 Å². The van der Waals surface area contributed by atoms with Gasteiger partial charge in [0.05, 0.1) is 0 Å². The van der Waals surface area contributed by atoms with Crippen molar-refractivity contribution in [1.29, 1.82) is 0 Å². The highest BCUT2D eigenvalue weighted by molar-refractivity contribution is 6.31. The summed E-state index contributed by atoms with van der Waals surface area (Å²) >= 11 is 6.22. The minimum absolute atomic E-state index is 0.0346. The number of nitrogens with one attached hydrogen (secondary N) is 3. The number of aliphatic carboxylic acids is 1. The molecule has 1 heterocycles. The molecule has 1 aliphatic rings. The predicted octanol–water partition coefficient (Wildman–Crippen LogP) is 2.20. The van der Waals surface area contributed by atoms with Crippen molar-refractivity contribution in [2.45, 2.75) is 44.6 Å². The van der Waals surface area contributed by atoms with Crippen LogP contribution in [0.4, 0.5) is 0 Å². The van der Waals surface area contributed by atoms with Crippen molar-refractivity contribution in [2.75, 3.05) is 6.54 Å². The number of amides is 2. The Bertz CT molecular complexity index is 1090. The second-order valence-corrected chi connectivity index (χ2v) is 8.09. The molecule has 0 bridgehead atoms. The van der Waals surface area contributed by atoms with Crippen LogP contribution in [0.25, 0.3) is 0 Å². The fraction of sp³-hybridized carbons (Fsp3) is 0.364. The summed E-state index contributed by atoms with van der Waals surface area (Å²) in [5.41, 5.74) is -1.19. The fourth-order valence-electron chi connectivity index (χ4n) is 3.81. The van der Waals surface area contributed by atoms with Gasteiger partial charge in [-0.3, -0.25) is 19.2 Å². The van der Waals surface area contributed by atoms with Gasteiger partial charge in [-0.2, -0.15) is 0 Å². The second kappa shape index (κ2) is 10.3. The lowest BCUT2D eigenvalue weighted by Crippen LogP contribution is -2.39. The Morgan fingerprint density at radius 1 is 1.06 bits per heavy atom. The van der Waals surface area contributed by atoms with E-state index >= 15 is 0 Å². The van der Waals surface area contributed by atoms with E-state index in [0.717, 1.165) is 32.1 Å². The lowest BCUT2D eigenvalue weighted by Gasteiger charge is -2.24. The Kier molecular flexibility index (Phi) is 7.53. The topological polar surface area (TPSA) is 149 Å². The third-order valence-corrected chi connectivity index (χ3v) is 5.76. The number of carbonyl (C=O) groups excluding carboxylic acids is 2. The number of carbonyl (C=O) groups is 3. The van der Waals surface area contributed by atoms with Crippen LogP contribution in [-0.4, -0.2) is 45.6 Å². The van der Waals surface area contributed by atoms with Crippen LogP contribution < -0.4 is 16.2 Å². The van der Waals surface area contributed by atoms with Crippen LogP contribution in [0.3, 0.4) is 0 Å². The van der Waals surface area contributed by atoms with Crippen molar-refractivity contribution >= 4 is 29.4 Å². The average molecular weight is 462 g/mol. The van der Waals surface area contributed by atoms with Crippen LogP contribution in [0.2, 0.25) is 5.02 Å². The molecule has 2 aromatic rings. The van der Waals surface area contributed by atoms with E-state index in [-0.39, 0.29) is 23.7 Å². The first-order chi connectivity index (χ1) is 15.3. The minimum atomic E-state index is -1.32. The Morgan fingerprint density at radius 2 is 1.75 bits per heavy atom. The molecule has 3 rings (SSSR count). The molecule has 0 unspecified atom stereocenters. The summed E-state index contributed by atoms with van der Waals surface area (Å²) in [7, 11) is 0. The number of halogens is 1. The highest BCUT2D eigenvalue weighted by Crippen LogP contribution is 2.27. The number of aromatic amines is 1. The van der Waals surface area contributed by atoms with Crippen LogP contribution in [0.15, 0.2) is 29.1 Å². The largest absolute Gasteiger partial charge is 0.506 e. The van der Waals surface area contributed by atoms with Gasteiger partial charge in [-0.1, -0.05) is 49.1 Å². The maximum Gasteiger partial charge on any atom is 0.322 e. The maximum atomic E-state index is 13.1. The number of aromatic hydroxyl groups is 1. The molecule has 10 heteroatoms. The maximum absolute atomic E-state index is 13.1. The zero-order valence-electron chi connectivity index (χ0n) is 17.2.